The molecule has 0 aromatic heterocycles. The van der Waals surface area contributed by atoms with Gasteiger partial charge in [0.25, 0.3) is 0 Å². The molecule has 11 heavy (non-hydrogen) atoms. The van der Waals surface area contributed by atoms with E-state index in [1.807, 2.05) is 0 Å². The zero-order valence-electron chi connectivity index (χ0n) is 7.23. The molecule has 2 unspecified atom stereocenters. The molecule has 2 heterocycles. The highest BCUT2D eigenvalue weighted by atomic mass is 16.5. The molecular weight excluding hydrogens is 138 g/mol. The second kappa shape index (κ2) is 2.76. The highest BCUT2D eigenvalue weighted by Gasteiger charge is 2.41. The van der Waals surface area contributed by atoms with Crippen molar-refractivity contribution in [1.82, 2.24) is 5.32 Å². The molecule has 2 fully saturated rings. The summed E-state index contributed by atoms with van der Waals surface area (Å²) in [6.45, 7) is 4.37. The van der Waals surface area contributed by atoms with E-state index in [1.165, 1.54) is 25.7 Å². The van der Waals surface area contributed by atoms with Crippen molar-refractivity contribution in [1.29, 1.82) is 0 Å². The van der Waals surface area contributed by atoms with Crippen molar-refractivity contribution in [3.05, 3.63) is 0 Å². The molecule has 0 aromatic carbocycles. The molecule has 1 N–H and O–H groups in total. The third kappa shape index (κ3) is 1.18. The second-order valence-corrected chi connectivity index (χ2v) is 3.80. The molecule has 0 radical (unpaired) electrons. The van der Waals surface area contributed by atoms with E-state index >= 15 is 0 Å². The first kappa shape index (κ1) is 7.56. The van der Waals surface area contributed by atoms with Crippen LogP contribution in [0.25, 0.3) is 0 Å². The Morgan fingerprint density at radius 3 is 2.82 bits per heavy atom. The van der Waals surface area contributed by atoms with Crippen molar-refractivity contribution in [2.24, 2.45) is 0 Å². The second-order valence-electron chi connectivity index (χ2n) is 3.80. The van der Waals surface area contributed by atoms with Crippen LogP contribution in [0.3, 0.4) is 0 Å². The topological polar surface area (TPSA) is 21.3 Å². The largest absolute Gasteiger partial charge is 0.373 e. The Morgan fingerprint density at radius 1 is 1.36 bits per heavy atom. The lowest BCUT2D eigenvalue weighted by molar-refractivity contribution is -0.0817. The van der Waals surface area contributed by atoms with E-state index in [0.29, 0.717) is 6.04 Å². The van der Waals surface area contributed by atoms with Crippen molar-refractivity contribution >= 4 is 0 Å². The van der Waals surface area contributed by atoms with Crippen LogP contribution in [0.5, 0.6) is 0 Å². The Morgan fingerprint density at radius 2 is 2.27 bits per heavy atom. The fourth-order valence-corrected chi connectivity index (χ4v) is 2.32. The summed E-state index contributed by atoms with van der Waals surface area (Å²) in [5.41, 5.74) is 0.220. The maximum absolute atomic E-state index is 5.88. The minimum Gasteiger partial charge on any atom is -0.373 e. The van der Waals surface area contributed by atoms with Gasteiger partial charge in [0.15, 0.2) is 0 Å². The summed E-state index contributed by atoms with van der Waals surface area (Å²) in [4.78, 5) is 0. The maximum atomic E-state index is 5.88. The number of hydrogen-bond acceptors (Lipinski definition) is 2. The number of rotatable bonds is 0. The Labute approximate surface area is 68.3 Å². The summed E-state index contributed by atoms with van der Waals surface area (Å²) in [5.74, 6) is 0. The highest BCUT2D eigenvalue weighted by Crippen LogP contribution is 2.34. The van der Waals surface area contributed by atoms with E-state index < -0.39 is 0 Å². The van der Waals surface area contributed by atoms with Crippen LogP contribution in [-0.2, 0) is 4.74 Å². The van der Waals surface area contributed by atoms with E-state index in [0.717, 1.165) is 13.2 Å². The van der Waals surface area contributed by atoms with Crippen LogP contribution in [0.2, 0.25) is 0 Å². The number of ether oxygens (including phenoxy) is 1. The molecule has 2 aliphatic heterocycles. The first-order valence-electron chi connectivity index (χ1n) is 4.71. The quantitative estimate of drug-likeness (QED) is 0.569. The van der Waals surface area contributed by atoms with Gasteiger partial charge in [-0.25, -0.2) is 0 Å². The summed E-state index contributed by atoms with van der Waals surface area (Å²) in [6.07, 6.45) is 5.09. The van der Waals surface area contributed by atoms with Crippen molar-refractivity contribution in [3.8, 4) is 0 Å². The van der Waals surface area contributed by atoms with Gasteiger partial charge in [-0.1, -0.05) is 0 Å². The van der Waals surface area contributed by atoms with Gasteiger partial charge in [-0.15, -0.1) is 0 Å². The van der Waals surface area contributed by atoms with E-state index in [4.69, 9.17) is 4.74 Å². The van der Waals surface area contributed by atoms with Crippen LogP contribution in [-0.4, -0.2) is 24.8 Å². The summed E-state index contributed by atoms with van der Waals surface area (Å²) >= 11 is 0. The Balaban J connectivity index is 2.06. The Bertz CT molecular complexity index is 140. The van der Waals surface area contributed by atoms with Gasteiger partial charge in [-0.3, -0.25) is 0 Å². The van der Waals surface area contributed by atoms with Crippen LogP contribution in [0.1, 0.15) is 32.6 Å². The van der Waals surface area contributed by atoms with E-state index in [2.05, 4.69) is 12.2 Å². The molecule has 0 aliphatic carbocycles. The van der Waals surface area contributed by atoms with Crippen molar-refractivity contribution < 1.29 is 4.74 Å². The fourth-order valence-electron chi connectivity index (χ4n) is 2.32. The standard InChI is InChI=1S/C9H17NO/c1-8-9(5-6-10-8)4-2-3-7-11-9/h8,10H,2-7H2,1H3. The van der Waals surface area contributed by atoms with Gasteiger partial charge in [0, 0.05) is 12.6 Å². The van der Waals surface area contributed by atoms with Crippen molar-refractivity contribution in [2.75, 3.05) is 13.2 Å². The molecule has 2 saturated heterocycles. The third-order valence-electron chi connectivity index (χ3n) is 3.17. The molecule has 1 spiro atoms. The van der Waals surface area contributed by atoms with Crippen LogP contribution in [0.4, 0.5) is 0 Å². The predicted molar refractivity (Wildman–Crippen MR) is 44.6 cm³/mol. The van der Waals surface area contributed by atoms with Crippen molar-refractivity contribution in [3.63, 3.8) is 0 Å². The highest BCUT2D eigenvalue weighted by molar-refractivity contribution is 4.98. The Hall–Kier alpha value is -0.0800. The van der Waals surface area contributed by atoms with Gasteiger partial charge in [0.2, 0.25) is 0 Å². The lowest BCUT2D eigenvalue weighted by Gasteiger charge is -2.36. The van der Waals surface area contributed by atoms with Crippen LogP contribution in [0.15, 0.2) is 0 Å². The lowest BCUT2D eigenvalue weighted by Crippen LogP contribution is -2.45. The molecule has 2 heteroatoms. The van der Waals surface area contributed by atoms with Gasteiger partial charge in [-0.05, 0) is 39.2 Å². The van der Waals surface area contributed by atoms with Crippen LogP contribution >= 0.6 is 0 Å². The van der Waals surface area contributed by atoms with E-state index in [1.54, 1.807) is 0 Å². The van der Waals surface area contributed by atoms with Gasteiger partial charge < -0.3 is 10.1 Å². The summed E-state index contributed by atoms with van der Waals surface area (Å²) in [7, 11) is 0. The van der Waals surface area contributed by atoms with E-state index in [9.17, 15) is 0 Å². The SMILES string of the molecule is CC1NCCC12CCCCO2. The third-order valence-corrected chi connectivity index (χ3v) is 3.17. The average Bonchev–Trinajstić information content (AvgIpc) is 2.36. The maximum Gasteiger partial charge on any atom is 0.0844 e. The molecule has 2 aliphatic rings. The van der Waals surface area contributed by atoms with Gasteiger partial charge in [0.05, 0.1) is 5.60 Å². The zero-order chi connectivity index (χ0) is 7.73. The van der Waals surface area contributed by atoms with Crippen molar-refractivity contribution in [2.45, 2.75) is 44.2 Å². The summed E-state index contributed by atoms with van der Waals surface area (Å²) < 4.78 is 5.88. The minimum absolute atomic E-state index is 0.220. The Kier molecular flexibility index (Phi) is 1.90. The first-order chi connectivity index (χ1) is 5.33. The molecule has 0 amide bonds. The van der Waals surface area contributed by atoms with Gasteiger partial charge in [-0.2, -0.15) is 0 Å². The number of nitrogens with one attached hydrogen (secondary N) is 1. The molecule has 0 saturated carbocycles. The fraction of sp³-hybridized carbons (Fsp3) is 1.00. The summed E-state index contributed by atoms with van der Waals surface area (Å²) in [6, 6.07) is 0.572. The zero-order valence-corrected chi connectivity index (χ0v) is 7.23. The van der Waals surface area contributed by atoms with E-state index in [-0.39, 0.29) is 5.60 Å². The molecular formula is C9H17NO. The molecule has 0 bridgehead atoms. The normalized spacial score (nSPS) is 45.0. The monoisotopic (exact) mass is 155 g/mol. The first-order valence-corrected chi connectivity index (χ1v) is 4.71. The molecule has 2 atom stereocenters. The summed E-state index contributed by atoms with van der Waals surface area (Å²) in [5, 5.41) is 3.46. The van der Waals surface area contributed by atoms with Gasteiger partial charge in [0.1, 0.15) is 0 Å². The molecule has 2 rings (SSSR count). The number of hydrogen-bond donors (Lipinski definition) is 1. The minimum atomic E-state index is 0.220. The lowest BCUT2D eigenvalue weighted by atomic mass is 9.88. The average molecular weight is 155 g/mol. The van der Waals surface area contributed by atoms with Gasteiger partial charge >= 0.3 is 0 Å². The van der Waals surface area contributed by atoms with Crippen LogP contribution in [0, 0.1) is 0 Å². The molecule has 64 valence electrons. The smallest absolute Gasteiger partial charge is 0.0844 e. The molecule has 0 aromatic rings. The van der Waals surface area contributed by atoms with Crippen LogP contribution < -0.4 is 5.32 Å². The predicted octanol–water partition coefficient (Wildman–Crippen LogP) is 1.31. The molecule has 2 nitrogen and oxygen atoms in total.